The maximum atomic E-state index is 10.1. The van der Waals surface area contributed by atoms with Crippen molar-refractivity contribution in [2.45, 2.75) is 26.4 Å². The summed E-state index contributed by atoms with van der Waals surface area (Å²) in [5, 5.41) is 18.0. The smallest absolute Gasteiger partial charge is 0.294 e. The fourth-order valence-electron chi connectivity index (χ4n) is 0.908. The molecule has 0 aliphatic heterocycles. The number of hydrogen-bond acceptors (Lipinski definition) is 7. The van der Waals surface area contributed by atoms with E-state index >= 15 is 0 Å². The average Bonchev–Trinajstić information content (AvgIpc) is 2.19. The first-order chi connectivity index (χ1) is 7.91. The third-order valence-corrected chi connectivity index (χ3v) is 1.74. The Bertz CT molecular complexity index is 246. The summed E-state index contributed by atoms with van der Waals surface area (Å²) in [4.78, 5) is 28.2. The molecule has 0 spiro atoms. The van der Waals surface area contributed by atoms with E-state index in [1.165, 1.54) is 0 Å². The van der Waals surface area contributed by atoms with Crippen molar-refractivity contribution in [3.05, 3.63) is 20.2 Å². The molecule has 0 aromatic heterocycles. The van der Waals surface area contributed by atoms with Gasteiger partial charge in [-0.1, -0.05) is 13.8 Å². The summed E-state index contributed by atoms with van der Waals surface area (Å²) >= 11 is 0. The van der Waals surface area contributed by atoms with Gasteiger partial charge in [0.1, 0.15) is 6.61 Å². The van der Waals surface area contributed by atoms with Crippen LogP contribution in [0.25, 0.3) is 0 Å². The third-order valence-electron chi connectivity index (χ3n) is 1.74. The number of nitrogens with zero attached hydrogens (tertiary/aromatic N) is 2. The molecular weight excluding hydrogens is 236 g/mol. The van der Waals surface area contributed by atoms with Crippen molar-refractivity contribution < 1.29 is 24.6 Å². The molecular formula is C8H16N2O7. The van der Waals surface area contributed by atoms with Gasteiger partial charge in [0.25, 0.3) is 10.2 Å². The second-order valence-corrected chi connectivity index (χ2v) is 3.73. The van der Waals surface area contributed by atoms with Crippen LogP contribution in [-0.4, -0.2) is 36.1 Å². The molecule has 0 saturated carbocycles. The van der Waals surface area contributed by atoms with Crippen LogP contribution in [0.5, 0.6) is 0 Å². The van der Waals surface area contributed by atoms with Gasteiger partial charge < -0.3 is 14.4 Å². The van der Waals surface area contributed by atoms with Gasteiger partial charge in [0.15, 0.2) is 6.10 Å². The Morgan fingerprint density at radius 3 is 2.24 bits per heavy atom. The molecule has 0 aliphatic carbocycles. The molecule has 0 rings (SSSR count). The summed E-state index contributed by atoms with van der Waals surface area (Å²) in [7, 11) is 0. The third kappa shape index (κ3) is 10.6. The molecule has 0 N–H and O–H groups in total. The second-order valence-electron chi connectivity index (χ2n) is 3.73. The monoisotopic (exact) mass is 252 g/mol. The summed E-state index contributed by atoms with van der Waals surface area (Å²) in [5.41, 5.74) is 0. The quantitative estimate of drug-likeness (QED) is 0.321. The summed E-state index contributed by atoms with van der Waals surface area (Å²) in [6.45, 7) is 3.76. The van der Waals surface area contributed by atoms with E-state index in [0.29, 0.717) is 12.5 Å². The van der Waals surface area contributed by atoms with Gasteiger partial charge in [-0.3, -0.25) is 0 Å². The zero-order valence-corrected chi connectivity index (χ0v) is 9.74. The van der Waals surface area contributed by atoms with Crippen molar-refractivity contribution in [3.63, 3.8) is 0 Å². The molecule has 0 fully saturated rings. The average molecular weight is 252 g/mol. The topological polar surface area (TPSA) is 114 Å². The Balaban J connectivity index is 3.84. The number of hydrogen-bond donors (Lipinski definition) is 0. The van der Waals surface area contributed by atoms with E-state index in [-0.39, 0.29) is 6.61 Å². The van der Waals surface area contributed by atoms with Gasteiger partial charge in [-0.15, -0.1) is 20.2 Å². The lowest BCUT2D eigenvalue weighted by Gasteiger charge is -2.14. The molecule has 0 aromatic carbocycles. The maximum Gasteiger partial charge on any atom is 0.294 e. The lowest BCUT2D eigenvalue weighted by atomic mass is 10.1. The molecule has 9 nitrogen and oxygen atoms in total. The lowest BCUT2D eigenvalue weighted by molar-refractivity contribution is -0.790. The lowest BCUT2D eigenvalue weighted by Crippen LogP contribution is -2.29. The van der Waals surface area contributed by atoms with E-state index in [2.05, 4.69) is 9.68 Å². The Morgan fingerprint density at radius 2 is 1.76 bits per heavy atom. The van der Waals surface area contributed by atoms with E-state index in [1.807, 2.05) is 13.8 Å². The highest BCUT2D eigenvalue weighted by atomic mass is 17.0. The summed E-state index contributed by atoms with van der Waals surface area (Å²) in [6.07, 6.45) is -0.302. The van der Waals surface area contributed by atoms with Crippen LogP contribution >= 0.6 is 0 Å². The minimum atomic E-state index is -1.09. The van der Waals surface area contributed by atoms with E-state index in [9.17, 15) is 20.2 Å². The standard InChI is InChI=1S/C8H16N2O7/c1-7(2)3-4-15-5-8(17-10(13)14)6-16-9(11)12/h7-8H,3-6H2,1-2H3/t8-/m1/s1. The Kier molecular flexibility index (Phi) is 7.68. The Hall–Kier alpha value is -1.64. The van der Waals surface area contributed by atoms with Crippen molar-refractivity contribution in [3.8, 4) is 0 Å². The molecule has 9 heteroatoms. The van der Waals surface area contributed by atoms with Crippen molar-refractivity contribution in [2.24, 2.45) is 5.92 Å². The molecule has 0 aliphatic rings. The van der Waals surface area contributed by atoms with Crippen LogP contribution in [0.1, 0.15) is 20.3 Å². The highest BCUT2D eigenvalue weighted by molar-refractivity contribution is 4.52. The van der Waals surface area contributed by atoms with Crippen molar-refractivity contribution in [2.75, 3.05) is 19.8 Å². The first-order valence-electron chi connectivity index (χ1n) is 5.08. The Labute approximate surface area is 97.8 Å². The van der Waals surface area contributed by atoms with Gasteiger partial charge in [-0.05, 0) is 12.3 Å². The number of ether oxygens (including phenoxy) is 1. The van der Waals surface area contributed by atoms with Gasteiger partial charge in [-0.25, -0.2) is 0 Å². The van der Waals surface area contributed by atoms with E-state index < -0.39 is 22.9 Å². The van der Waals surface area contributed by atoms with Crippen LogP contribution in [0.2, 0.25) is 0 Å². The second kappa shape index (κ2) is 8.50. The molecule has 0 heterocycles. The predicted octanol–water partition coefficient (Wildman–Crippen LogP) is 0.834. The molecule has 1 atom stereocenters. The highest BCUT2D eigenvalue weighted by Gasteiger charge is 2.16. The van der Waals surface area contributed by atoms with E-state index in [4.69, 9.17) is 4.74 Å². The van der Waals surface area contributed by atoms with Crippen molar-refractivity contribution in [1.29, 1.82) is 0 Å². The number of rotatable bonds is 10. The molecule has 17 heavy (non-hydrogen) atoms. The minimum Gasteiger partial charge on any atom is -0.379 e. The SMILES string of the molecule is CC(C)CCOC[C@H](CO[N+](=O)[O-])O[N+](=O)[O-]. The van der Waals surface area contributed by atoms with Crippen LogP contribution in [0.15, 0.2) is 0 Å². The predicted molar refractivity (Wildman–Crippen MR) is 55.1 cm³/mol. The van der Waals surface area contributed by atoms with Crippen LogP contribution in [0.3, 0.4) is 0 Å². The van der Waals surface area contributed by atoms with Crippen LogP contribution in [0.4, 0.5) is 0 Å². The fraction of sp³-hybridized carbons (Fsp3) is 1.00. The van der Waals surface area contributed by atoms with Gasteiger partial charge >= 0.3 is 0 Å². The normalized spacial score (nSPS) is 12.2. The zero-order chi connectivity index (χ0) is 13.3. The summed E-state index contributed by atoms with van der Waals surface area (Å²) in [6, 6.07) is 0. The molecule has 0 amide bonds. The largest absolute Gasteiger partial charge is 0.379 e. The minimum absolute atomic E-state index is 0.123. The molecule has 0 bridgehead atoms. The summed E-state index contributed by atoms with van der Waals surface area (Å²) < 4.78 is 5.11. The van der Waals surface area contributed by atoms with Gasteiger partial charge in [0.2, 0.25) is 0 Å². The maximum absolute atomic E-state index is 10.1. The van der Waals surface area contributed by atoms with Crippen molar-refractivity contribution in [1.82, 2.24) is 0 Å². The van der Waals surface area contributed by atoms with Crippen molar-refractivity contribution >= 4 is 0 Å². The molecule has 100 valence electrons. The van der Waals surface area contributed by atoms with Gasteiger partial charge in [0.05, 0.1) is 6.61 Å². The Morgan fingerprint density at radius 1 is 1.12 bits per heavy atom. The van der Waals surface area contributed by atoms with Crippen LogP contribution in [0, 0.1) is 26.1 Å². The van der Waals surface area contributed by atoms with Gasteiger partial charge in [-0.2, -0.15) is 0 Å². The molecule has 0 unspecified atom stereocenters. The van der Waals surface area contributed by atoms with E-state index in [1.54, 1.807) is 0 Å². The molecule has 0 saturated heterocycles. The first-order valence-corrected chi connectivity index (χ1v) is 5.08. The highest BCUT2D eigenvalue weighted by Crippen LogP contribution is 2.01. The fourth-order valence-corrected chi connectivity index (χ4v) is 0.908. The molecule has 0 aromatic rings. The van der Waals surface area contributed by atoms with Gasteiger partial charge in [0, 0.05) is 6.61 Å². The van der Waals surface area contributed by atoms with E-state index in [0.717, 1.165) is 6.42 Å². The van der Waals surface area contributed by atoms with Crippen LogP contribution < -0.4 is 0 Å². The molecule has 0 radical (unpaired) electrons. The zero-order valence-electron chi connectivity index (χ0n) is 9.74. The van der Waals surface area contributed by atoms with Crippen LogP contribution in [-0.2, 0) is 14.4 Å². The summed E-state index contributed by atoms with van der Waals surface area (Å²) in [5.74, 6) is 0.444. The first kappa shape index (κ1) is 15.4.